The van der Waals surface area contributed by atoms with E-state index in [0.29, 0.717) is 45.4 Å². The number of morpholine rings is 1. The van der Waals surface area contributed by atoms with Gasteiger partial charge in [0.2, 0.25) is 5.91 Å². The van der Waals surface area contributed by atoms with Crippen molar-refractivity contribution in [2.45, 2.75) is 6.42 Å². The van der Waals surface area contributed by atoms with E-state index in [4.69, 9.17) is 4.74 Å². The molecular weight excluding hydrogens is 457 g/mol. The molecule has 0 saturated carbocycles. The quantitative estimate of drug-likeness (QED) is 0.388. The smallest absolute Gasteiger partial charge is 0.265 e. The molecule has 2 aromatic heterocycles. The third kappa shape index (κ3) is 4.78. The van der Waals surface area contributed by atoms with Gasteiger partial charge >= 0.3 is 0 Å². The van der Waals surface area contributed by atoms with Gasteiger partial charge in [-0.3, -0.25) is 14.7 Å². The Labute approximate surface area is 198 Å². The van der Waals surface area contributed by atoms with Crippen LogP contribution in [0.25, 0.3) is 10.2 Å². The summed E-state index contributed by atoms with van der Waals surface area (Å²) < 4.78 is 19.2. The predicted molar refractivity (Wildman–Crippen MR) is 130 cm³/mol. The number of hydrogen-bond donors (Lipinski definition) is 3. The van der Waals surface area contributed by atoms with Crippen LogP contribution in [0, 0.1) is 5.82 Å². The summed E-state index contributed by atoms with van der Waals surface area (Å²) in [4.78, 5) is 28.6. The summed E-state index contributed by atoms with van der Waals surface area (Å²) >= 11 is 1.24. The van der Waals surface area contributed by atoms with Gasteiger partial charge in [-0.2, -0.15) is 5.10 Å². The van der Waals surface area contributed by atoms with Gasteiger partial charge in [-0.05, 0) is 42.0 Å². The molecule has 0 bridgehead atoms. The van der Waals surface area contributed by atoms with Crippen molar-refractivity contribution in [2.24, 2.45) is 0 Å². The molecule has 0 spiro atoms. The third-order valence-electron chi connectivity index (χ3n) is 5.55. The van der Waals surface area contributed by atoms with Gasteiger partial charge in [0.05, 0.1) is 29.9 Å². The standard InChI is InChI=1S/C24H22FN5O3S/c25-19-4-2-1-3-15(19)13-21(31)27-22-18-14-20(34-24(18)29-28-22)23(32)26-16-5-7-17(8-6-16)30-9-11-33-12-10-30/h1-8,14H,9-13H2,(H,26,32)(H2,27,28,29,31). The second-order valence-electron chi connectivity index (χ2n) is 7.84. The second kappa shape index (κ2) is 9.62. The first-order valence-electron chi connectivity index (χ1n) is 10.8. The van der Waals surface area contributed by atoms with Crippen LogP contribution in [-0.2, 0) is 16.0 Å². The Bertz CT molecular complexity index is 1330. The number of carbonyl (C=O) groups excluding carboxylic acids is 2. The van der Waals surface area contributed by atoms with Gasteiger partial charge in [-0.25, -0.2) is 4.39 Å². The van der Waals surface area contributed by atoms with Crippen LogP contribution in [0.4, 0.5) is 21.6 Å². The van der Waals surface area contributed by atoms with E-state index < -0.39 is 11.7 Å². The SMILES string of the molecule is O=C(Cc1ccccc1F)Nc1n[nH]c2sc(C(=O)Nc3ccc(N4CCOCC4)cc3)cc12. The van der Waals surface area contributed by atoms with E-state index in [1.54, 1.807) is 24.3 Å². The molecule has 1 aliphatic heterocycles. The van der Waals surface area contributed by atoms with E-state index in [1.807, 2.05) is 24.3 Å². The van der Waals surface area contributed by atoms with Crippen LogP contribution >= 0.6 is 11.3 Å². The van der Waals surface area contributed by atoms with Crippen LogP contribution in [0.1, 0.15) is 15.2 Å². The summed E-state index contributed by atoms with van der Waals surface area (Å²) in [6.45, 7) is 3.12. The number of aromatic amines is 1. The number of anilines is 3. The topological polar surface area (TPSA) is 99.3 Å². The number of hydrogen-bond acceptors (Lipinski definition) is 6. The zero-order valence-corrected chi connectivity index (χ0v) is 19.0. The van der Waals surface area contributed by atoms with Gasteiger partial charge in [0.15, 0.2) is 5.82 Å². The van der Waals surface area contributed by atoms with E-state index in [-0.39, 0.29) is 12.3 Å². The Morgan fingerprint density at radius 1 is 1.09 bits per heavy atom. The largest absolute Gasteiger partial charge is 0.378 e. The molecule has 10 heteroatoms. The second-order valence-corrected chi connectivity index (χ2v) is 8.89. The first-order chi connectivity index (χ1) is 16.6. The van der Waals surface area contributed by atoms with Gasteiger partial charge < -0.3 is 20.3 Å². The lowest BCUT2D eigenvalue weighted by atomic mass is 10.1. The lowest BCUT2D eigenvalue weighted by molar-refractivity contribution is -0.115. The predicted octanol–water partition coefficient (Wildman–Crippen LogP) is 4.03. The Hall–Kier alpha value is -3.76. The van der Waals surface area contributed by atoms with Gasteiger partial charge in [0, 0.05) is 24.5 Å². The number of halogens is 1. The zero-order chi connectivity index (χ0) is 23.5. The average Bonchev–Trinajstić information content (AvgIpc) is 3.44. The van der Waals surface area contributed by atoms with Gasteiger partial charge in [-0.15, -0.1) is 11.3 Å². The first kappa shape index (κ1) is 22.1. The Balaban J connectivity index is 1.24. The summed E-state index contributed by atoms with van der Waals surface area (Å²) in [6, 6.07) is 15.5. The van der Waals surface area contributed by atoms with Gasteiger partial charge in [0.1, 0.15) is 10.6 Å². The fourth-order valence-corrected chi connectivity index (χ4v) is 4.68. The molecule has 0 aliphatic carbocycles. The Kier molecular flexibility index (Phi) is 6.24. The molecule has 1 saturated heterocycles. The third-order valence-corrected chi connectivity index (χ3v) is 6.59. The number of amides is 2. The summed E-state index contributed by atoms with van der Waals surface area (Å²) in [5.74, 6) is -0.771. The van der Waals surface area contributed by atoms with Crippen molar-refractivity contribution in [1.82, 2.24) is 10.2 Å². The summed E-state index contributed by atoms with van der Waals surface area (Å²) in [5, 5.41) is 13.2. The highest BCUT2D eigenvalue weighted by atomic mass is 32.1. The van der Waals surface area contributed by atoms with E-state index >= 15 is 0 Å². The molecule has 0 radical (unpaired) electrons. The number of nitrogens with zero attached hydrogens (tertiary/aromatic N) is 2. The molecule has 8 nitrogen and oxygen atoms in total. The van der Waals surface area contributed by atoms with E-state index in [2.05, 4.69) is 25.7 Å². The summed E-state index contributed by atoms with van der Waals surface area (Å²) in [7, 11) is 0. The van der Waals surface area contributed by atoms with Crippen molar-refractivity contribution in [3.63, 3.8) is 0 Å². The molecule has 3 N–H and O–H groups in total. The highest BCUT2D eigenvalue weighted by Gasteiger charge is 2.18. The molecule has 174 valence electrons. The fraction of sp³-hybridized carbons (Fsp3) is 0.208. The lowest BCUT2D eigenvalue weighted by Crippen LogP contribution is -2.36. The van der Waals surface area contributed by atoms with Crippen LogP contribution in [0.2, 0.25) is 0 Å². The maximum atomic E-state index is 13.8. The number of benzene rings is 2. The molecular formula is C24H22FN5O3S. The van der Waals surface area contributed by atoms with Gasteiger partial charge in [0.25, 0.3) is 5.91 Å². The van der Waals surface area contributed by atoms with Crippen molar-refractivity contribution in [3.05, 3.63) is 70.9 Å². The number of H-pyrrole nitrogens is 1. The van der Waals surface area contributed by atoms with Crippen LogP contribution < -0.4 is 15.5 Å². The van der Waals surface area contributed by atoms with Crippen molar-refractivity contribution in [1.29, 1.82) is 0 Å². The van der Waals surface area contributed by atoms with Crippen LogP contribution in [0.15, 0.2) is 54.6 Å². The van der Waals surface area contributed by atoms with Crippen LogP contribution in [-0.4, -0.2) is 48.3 Å². The molecule has 0 unspecified atom stereocenters. The molecule has 0 atom stereocenters. The minimum Gasteiger partial charge on any atom is -0.378 e. The van der Waals surface area contributed by atoms with E-state index in [1.165, 1.54) is 17.4 Å². The molecule has 34 heavy (non-hydrogen) atoms. The Morgan fingerprint density at radius 3 is 2.62 bits per heavy atom. The van der Waals surface area contributed by atoms with E-state index in [0.717, 1.165) is 18.8 Å². The van der Waals surface area contributed by atoms with Crippen molar-refractivity contribution in [2.75, 3.05) is 41.8 Å². The molecule has 2 aromatic carbocycles. The highest BCUT2D eigenvalue weighted by molar-refractivity contribution is 7.20. The highest BCUT2D eigenvalue weighted by Crippen LogP contribution is 2.30. The minimum absolute atomic E-state index is 0.112. The maximum Gasteiger partial charge on any atom is 0.265 e. The molecule has 3 heterocycles. The number of aromatic nitrogens is 2. The molecule has 1 aliphatic rings. The number of nitrogens with one attached hydrogen (secondary N) is 3. The summed E-state index contributed by atoms with van der Waals surface area (Å²) in [5.41, 5.74) is 2.08. The molecule has 2 amide bonds. The minimum atomic E-state index is -0.433. The monoisotopic (exact) mass is 479 g/mol. The normalized spacial score (nSPS) is 13.7. The number of carbonyl (C=O) groups is 2. The number of fused-ring (bicyclic) bond motifs is 1. The summed E-state index contributed by atoms with van der Waals surface area (Å²) in [6.07, 6.45) is -0.112. The van der Waals surface area contributed by atoms with Crippen molar-refractivity contribution in [3.8, 4) is 0 Å². The number of rotatable bonds is 6. The van der Waals surface area contributed by atoms with Gasteiger partial charge in [-0.1, -0.05) is 18.2 Å². The van der Waals surface area contributed by atoms with Crippen molar-refractivity contribution < 1.29 is 18.7 Å². The fourth-order valence-electron chi connectivity index (χ4n) is 3.78. The van der Waals surface area contributed by atoms with Crippen LogP contribution in [0.5, 0.6) is 0 Å². The molecule has 1 fully saturated rings. The van der Waals surface area contributed by atoms with Crippen LogP contribution in [0.3, 0.4) is 0 Å². The lowest BCUT2D eigenvalue weighted by Gasteiger charge is -2.28. The number of thiophene rings is 1. The Morgan fingerprint density at radius 2 is 1.85 bits per heavy atom. The maximum absolute atomic E-state index is 13.8. The average molecular weight is 480 g/mol. The molecule has 5 rings (SSSR count). The van der Waals surface area contributed by atoms with Crippen molar-refractivity contribution >= 4 is 50.6 Å². The first-order valence-corrected chi connectivity index (χ1v) is 11.6. The number of ether oxygens (including phenoxy) is 1. The van der Waals surface area contributed by atoms with E-state index in [9.17, 15) is 14.0 Å². The molecule has 4 aromatic rings. The zero-order valence-electron chi connectivity index (χ0n) is 18.1.